The van der Waals surface area contributed by atoms with E-state index in [0.717, 1.165) is 12.3 Å². The van der Waals surface area contributed by atoms with Crippen LogP contribution in [0, 0.1) is 0 Å². The van der Waals surface area contributed by atoms with E-state index in [4.69, 9.17) is 34.8 Å². The summed E-state index contributed by atoms with van der Waals surface area (Å²) in [5.41, 5.74) is 0.456. The maximum atomic E-state index is 12.8. The summed E-state index contributed by atoms with van der Waals surface area (Å²) in [5, 5.41) is 5.02. The summed E-state index contributed by atoms with van der Waals surface area (Å²) in [4.78, 5) is 12.4. The molecule has 2 heterocycles. The zero-order valence-corrected chi connectivity index (χ0v) is 17.1. The predicted molar refractivity (Wildman–Crippen MR) is 113 cm³/mol. The van der Waals surface area contributed by atoms with Gasteiger partial charge < -0.3 is 5.32 Å². The molecule has 1 N–H and O–H groups in total. The number of fused-ring (bicyclic) bond motifs is 1. The number of pyridine rings is 1. The van der Waals surface area contributed by atoms with Crippen LogP contribution in [0.1, 0.15) is 5.69 Å². The van der Waals surface area contributed by atoms with Gasteiger partial charge in [-0.3, -0.25) is 4.98 Å². The lowest BCUT2D eigenvalue weighted by Gasteiger charge is -2.12. The first kappa shape index (κ1) is 20.7. The Kier molecular flexibility index (Phi) is 5.44. The molecule has 0 aliphatic heterocycles. The summed E-state index contributed by atoms with van der Waals surface area (Å²) < 4.78 is 38.4. The SMILES string of the molecule is FC(F)(F)c1ccc(-c2nc(Nc3ccc(Cl)c(Cl)c3)c3ccc(Cl)cc3n2)cn1. The quantitative estimate of drug-likeness (QED) is 0.339. The maximum Gasteiger partial charge on any atom is 0.433 e. The van der Waals surface area contributed by atoms with Gasteiger partial charge in [-0.2, -0.15) is 13.2 Å². The fourth-order valence-corrected chi connectivity index (χ4v) is 3.20. The fraction of sp³-hybridized carbons (Fsp3) is 0.0500. The average Bonchev–Trinajstić information content (AvgIpc) is 2.70. The summed E-state index contributed by atoms with van der Waals surface area (Å²) >= 11 is 18.1. The van der Waals surface area contributed by atoms with Gasteiger partial charge in [-0.25, -0.2) is 9.97 Å². The second-order valence-corrected chi connectivity index (χ2v) is 7.49. The molecule has 0 unspecified atom stereocenters. The van der Waals surface area contributed by atoms with Gasteiger partial charge in [0.15, 0.2) is 5.82 Å². The number of halogens is 6. The summed E-state index contributed by atoms with van der Waals surface area (Å²) in [6.07, 6.45) is -3.45. The molecule has 0 saturated heterocycles. The van der Waals surface area contributed by atoms with E-state index >= 15 is 0 Å². The van der Waals surface area contributed by atoms with Crippen LogP contribution < -0.4 is 5.32 Å². The van der Waals surface area contributed by atoms with E-state index in [1.807, 2.05) is 0 Å². The van der Waals surface area contributed by atoms with Gasteiger partial charge in [0.2, 0.25) is 0 Å². The summed E-state index contributed by atoms with van der Waals surface area (Å²) in [6.45, 7) is 0. The lowest BCUT2D eigenvalue weighted by atomic mass is 10.2. The van der Waals surface area contributed by atoms with Crippen LogP contribution in [0.2, 0.25) is 15.1 Å². The molecule has 0 spiro atoms. The van der Waals surface area contributed by atoms with E-state index in [1.54, 1.807) is 36.4 Å². The Hall–Kier alpha value is -2.61. The Morgan fingerprint density at radius 1 is 0.833 bits per heavy atom. The number of nitrogens with zero attached hydrogens (tertiary/aromatic N) is 3. The third-order valence-electron chi connectivity index (χ3n) is 4.15. The minimum atomic E-state index is -4.53. The number of alkyl halides is 3. The lowest BCUT2D eigenvalue weighted by molar-refractivity contribution is -0.141. The van der Waals surface area contributed by atoms with Crippen molar-refractivity contribution in [2.24, 2.45) is 0 Å². The van der Waals surface area contributed by atoms with Crippen molar-refractivity contribution in [3.8, 4) is 11.4 Å². The van der Waals surface area contributed by atoms with Crippen LogP contribution in [0.4, 0.5) is 24.7 Å². The molecule has 0 bridgehead atoms. The first-order valence-corrected chi connectivity index (χ1v) is 9.57. The molecule has 0 atom stereocenters. The van der Waals surface area contributed by atoms with Gasteiger partial charge in [0.25, 0.3) is 0 Å². The maximum absolute atomic E-state index is 12.8. The van der Waals surface area contributed by atoms with Gasteiger partial charge in [0.1, 0.15) is 11.5 Å². The molecular weight excluding hydrogens is 460 g/mol. The molecule has 0 saturated carbocycles. The Morgan fingerprint density at radius 2 is 1.63 bits per heavy atom. The highest BCUT2D eigenvalue weighted by atomic mass is 35.5. The van der Waals surface area contributed by atoms with Crippen LogP contribution in [0.3, 0.4) is 0 Å². The minimum Gasteiger partial charge on any atom is -0.340 e. The van der Waals surface area contributed by atoms with E-state index in [0.29, 0.717) is 43.0 Å². The summed E-state index contributed by atoms with van der Waals surface area (Å²) in [7, 11) is 0. The number of aromatic nitrogens is 3. The molecule has 0 radical (unpaired) electrons. The van der Waals surface area contributed by atoms with Crippen LogP contribution >= 0.6 is 34.8 Å². The molecule has 0 aliphatic rings. The van der Waals surface area contributed by atoms with Crippen molar-refractivity contribution in [3.63, 3.8) is 0 Å². The normalized spacial score (nSPS) is 11.7. The molecule has 2 aromatic carbocycles. The summed E-state index contributed by atoms with van der Waals surface area (Å²) in [5.74, 6) is 0.610. The zero-order chi connectivity index (χ0) is 21.5. The van der Waals surface area contributed by atoms with Crippen LogP contribution in [0.5, 0.6) is 0 Å². The molecule has 4 nitrogen and oxygen atoms in total. The van der Waals surface area contributed by atoms with E-state index < -0.39 is 11.9 Å². The number of anilines is 2. The van der Waals surface area contributed by atoms with Gasteiger partial charge in [-0.15, -0.1) is 0 Å². The Morgan fingerprint density at radius 3 is 2.30 bits per heavy atom. The molecular formula is C20H10Cl3F3N4. The van der Waals surface area contributed by atoms with Crippen LogP contribution in [0.25, 0.3) is 22.3 Å². The van der Waals surface area contributed by atoms with E-state index in [1.165, 1.54) is 6.07 Å². The first-order valence-electron chi connectivity index (χ1n) is 8.44. The molecule has 10 heteroatoms. The molecule has 0 amide bonds. The van der Waals surface area contributed by atoms with Crippen LogP contribution in [-0.2, 0) is 6.18 Å². The second-order valence-electron chi connectivity index (χ2n) is 6.24. The highest BCUT2D eigenvalue weighted by Gasteiger charge is 2.32. The van der Waals surface area contributed by atoms with Crippen molar-refractivity contribution < 1.29 is 13.2 Å². The summed E-state index contributed by atoms with van der Waals surface area (Å²) in [6, 6.07) is 12.2. The van der Waals surface area contributed by atoms with Crippen molar-refractivity contribution in [2.45, 2.75) is 6.18 Å². The highest BCUT2D eigenvalue weighted by Crippen LogP contribution is 2.32. The highest BCUT2D eigenvalue weighted by molar-refractivity contribution is 6.42. The first-order chi connectivity index (χ1) is 14.2. The van der Waals surface area contributed by atoms with Crippen molar-refractivity contribution in [1.29, 1.82) is 0 Å². The lowest BCUT2D eigenvalue weighted by Crippen LogP contribution is -2.07. The number of nitrogens with one attached hydrogen (secondary N) is 1. The molecule has 0 aliphatic carbocycles. The number of rotatable bonds is 3. The third kappa shape index (κ3) is 4.28. The van der Waals surface area contributed by atoms with Crippen LogP contribution in [0.15, 0.2) is 54.7 Å². The van der Waals surface area contributed by atoms with E-state index in [9.17, 15) is 13.2 Å². The molecule has 4 rings (SSSR count). The largest absolute Gasteiger partial charge is 0.433 e. The molecule has 2 aromatic heterocycles. The van der Waals surface area contributed by atoms with Gasteiger partial charge in [-0.1, -0.05) is 34.8 Å². The van der Waals surface area contributed by atoms with Crippen molar-refractivity contribution >= 4 is 57.2 Å². The average molecular weight is 470 g/mol. The Bertz CT molecular complexity index is 1240. The Balaban J connectivity index is 1.82. The number of hydrogen-bond donors (Lipinski definition) is 1. The van der Waals surface area contributed by atoms with Crippen molar-refractivity contribution in [1.82, 2.24) is 15.0 Å². The molecule has 30 heavy (non-hydrogen) atoms. The molecule has 152 valence electrons. The van der Waals surface area contributed by atoms with E-state index in [-0.39, 0.29) is 5.82 Å². The fourth-order valence-electron chi connectivity index (χ4n) is 2.73. The topological polar surface area (TPSA) is 50.7 Å². The second kappa shape index (κ2) is 7.91. The van der Waals surface area contributed by atoms with Crippen molar-refractivity contribution in [3.05, 3.63) is 75.5 Å². The Labute approximate surface area is 183 Å². The standard InChI is InChI=1S/C20H10Cl3F3N4/c21-11-2-4-13-16(7-11)29-18(10-1-6-17(27-9-10)20(24,25)26)30-19(13)28-12-3-5-14(22)15(23)8-12/h1-9H,(H,28,29,30). The van der Waals surface area contributed by atoms with Gasteiger partial charge in [0.05, 0.1) is 15.6 Å². The minimum absolute atomic E-state index is 0.188. The predicted octanol–water partition coefficient (Wildman–Crippen LogP) is 7.41. The zero-order valence-electron chi connectivity index (χ0n) is 14.8. The monoisotopic (exact) mass is 468 g/mol. The van der Waals surface area contributed by atoms with Crippen LogP contribution in [-0.4, -0.2) is 15.0 Å². The third-order valence-corrected chi connectivity index (χ3v) is 5.13. The number of hydrogen-bond acceptors (Lipinski definition) is 4. The van der Waals surface area contributed by atoms with Crippen molar-refractivity contribution in [2.75, 3.05) is 5.32 Å². The van der Waals surface area contributed by atoms with Gasteiger partial charge >= 0.3 is 6.18 Å². The van der Waals surface area contributed by atoms with Gasteiger partial charge in [-0.05, 0) is 48.5 Å². The smallest absolute Gasteiger partial charge is 0.340 e. The van der Waals surface area contributed by atoms with Gasteiger partial charge in [0, 0.05) is 27.9 Å². The molecule has 0 fully saturated rings. The number of benzene rings is 2. The van der Waals surface area contributed by atoms with E-state index in [2.05, 4.69) is 20.3 Å². The molecule has 4 aromatic rings.